The van der Waals surface area contributed by atoms with Crippen molar-refractivity contribution in [3.8, 4) is 17.2 Å². The Hall–Kier alpha value is -2.64. The molecule has 0 atom stereocenters. The molecule has 0 saturated heterocycles. The molecule has 0 bridgehead atoms. The Bertz CT molecular complexity index is 641. The summed E-state index contributed by atoms with van der Waals surface area (Å²) in [7, 11) is 4.63. The third-order valence-electron chi connectivity index (χ3n) is 4.64. The quantitative estimate of drug-likeness (QED) is 0.683. The molecule has 8 nitrogen and oxygen atoms in total. The fourth-order valence-electron chi connectivity index (χ4n) is 3.13. The van der Waals surface area contributed by atoms with Gasteiger partial charge in [-0.1, -0.05) is 0 Å². The number of ether oxygens (including phenoxy) is 3. The number of carboxylic acids is 1. The number of benzene rings is 1. The van der Waals surface area contributed by atoms with Crippen molar-refractivity contribution in [2.24, 2.45) is 5.92 Å². The van der Waals surface area contributed by atoms with Gasteiger partial charge in [0.15, 0.2) is 11.5 Å². The minimum Gasteiger partial charge on any atom is -0.496 e. The maximum Gasteiger partial charge on any atom is 0.315 e. The van der Waals surface area contributed by atoms with Gasteiger partial charge in [-0.3, -0.25) is 4.79 Å². The van der Waals surface area contributed by atoms with Crippen LogP contribution in [0.3, 0.4) is 0 Å². The molecule has 1 fully saturated rings. The molecule has 1 aromatic carbocycles. The number of methoxy groups -OCH3 is 3. The summed E-state index contributed by atoms with van der Waals surface area (Å²) in [5.41, 5.74) is 0.759. The van der Waals surface area contributed by atoms with Gasteiger partial charge in [0.25, 0.3) is 0 Å². The Morgan fingerprint density at radius 3 is 2.12 bits per heavy atom. The fraction of sp³-hybridized carbons (Fsp3) is 0.556. The maximum absolute atomic E-state index is 12.1. The number of carbonyl (C=O) groups is 2. The van der Waals surface area contributed by atoms with Crippen LogP contribution >= 0.6 is 0 Å². The van der Waals surface area contributed by atoms with Gasteiger partial charge in [-0.2, -0.15) is 0 Å². The summed E-state index contributed by atoms with van der Waals surface area (Å²) in [5, 5.41) is 14.7. The van der Waals surface area contributed by atoms with Crippen molar-refractivity contribution in [3.63, 3.8) is 0 Å². The average molecular weight is 366 g/mol. The van der Waals surface area contributed by atoms with E-state index >= 15 is 0 Å². The van der Waals surface area contributed by atoms with Crippen LogP contribution in [-0.4, -0.2) is 44.5 Å². The van der Waals surface area contributed by atoms with Crippen molar-refractivity contribution >= 4 is 12.0 Å². The van der Waals surface area contributed by atoms with E-state index in [0.717, 1.165) is 5.56 Å². The van der Waals surface area contributed by atoms with Crippen molar-refractivity contribution in [1.82, 2.24) is 10.6 Å². The fourth-order valence-corrected chi connectivity index (χ4v) is 3.13. The van der Waals surface area contributed by atoms with Gasteiger partial charge < -0.3 is 30.0 Å². The predicted octanol–water partition coefficient (Wildman–Crippen LogP) is 2.16. The Kier molecular flexibility index (Phi) is 6.94. The first-order chi connectivity index (χ1) is 12.5. The number of aliphatic carboxylic acids is 1. The zero-order valence-electron chi connectivity index (χ0n) is 15.3. The van der Waals surface area contributed by atoms with E-state index in [4.69, 9.17) is 19.3 Å². The molecule has 8 heteroatoms. The van der Waals surface area contributed by atoms with Gasteiger partial charge in [-0.25, -0.2) is 4.79 Å². The zero-order chi connectivity index (χ0) is 19.1. The number of carbonyl (C=O) groups excluding carboxylic acids is 1. The van der Waals surface area contributed by atoms with Crippen LogP contribution in [0.15, 0.2) is 12.1 Å². The topological polar surface area (TPSA) is 106 Å². The molecular weight excluding hydrogens is 340 g/mol. The highest BCUT2D eigenvalue weighted by molar-refractivity contribution is 5.74. The minimum absolute atomic E-state index is 0.00195. The summed E-state index contributed by atoms with van der Waals surface area (Å²) in [6, 6.07) is 3.18. The summed E-state index contributed by atoms with van der Waals surface area (Å²) in [6.45, 7) is 0.264. The van der Waals surface area contributed by atoms with E-state index in [0.29, 0.717) is 42.9 Å². The zero-order valence-corrected chi connectivity index (χ0v) is 15.3. The molecule has 2 amide bonds. The first-order valence-electron chi connectivity index (χ1n) is 8.54. The van der Waals surface area contributed by atoms with Gasteiger partial charge in [-0.05, 0) is 31.7 Å². The average Bonchev–Trinajstić information content (AvgIpc) is 2.65. The molecule has 0 radical (unpaired) electrons. The lowest BCUT2D eigenvalue weighted by Gasteiger charge is -2.26. The second-order valence-corrected chi connectivity index (χ2v) is 6.23. The van der Waals surface area contributed by atoms with Crippen molar-refractivity contribution in [1.29, 1.82) is 0 Å². The normalized spacial score (nSPS) is 19.3. The second kappa shape index (κ2) is 9.17. The molecule has 2 rings (SSSR count). The lowest BCUT2D eigenvalue weighted by Crippen LogP contribution is -2.43. The number of hydrogen-bond acceptors (Lipinski definition) is 5. The highest BCUT2D eigenvalue weighted by Gasteiger charge is 2.26. The molecule has 0 heterocycles. The number of nitrogens with one attached hydrogen (secondary N) is 2. The molecule has 144 valence electrons. The molecule has 1 aliphatic rings. The molecule has 1 aliphatic carbocycles. The minimum atomic E-state index is -0.756. The lowest BCUT2D eigenvalue weighted by molar-refractivity contribution is -0.142. The van der Waals surface area contributed by atoms with Crippen LogP contribution in [0.4, 0.5) is 4.79 Å². The Labute approximate surface area is 152 Å². The number of rotatable bonds is 7. The Balaban J connectivity index is 1.90. The second-order valence-electron chi connectivity index (χ2n) is 6.23. The van der Waals surface area contributed by atoms with E-state index < -0.39 is 5.97 Å². The molecule has 3 N–H and O–H groups in total. The number of hydrogen-bond donors (Lipinski definition) is 3. The summed E-state index contributed by atoms with van der Waals surface area (Å²) < 4.78 is 15.9. The van der Waals surface area contributed by atoms with E-state index in [-0.39, 0.29) is 24.5 Å². The molecule has 1 saturated carbocycles. The first-order valence-corrected chi connectivity index (χ1v) is 8.54. The molecular formula is C18H26N2O6. The molecule has 0 unspecified atom stereocenters. The summed E-state index contributed by atoms with van der Waals surface area (Å²) in [5.74, 6) is 0.635. The Morgan fingerprint density at radius 1 is 1.00 bits per heavy atom. The maximum atomic E-state index is 12.1. The molecule has 0 spiro atoms. The molecule has 1 aromatic rings. The largest absolute Gasteiger partial charge is 0.496 e. The third kappa shape index (κ3) is 4.93. The van der Waals surface area contributed by atoms with Crippen LogP contribution in [0, 0.1) is 5.92 Å². The SMILES string of the molecule is COc1cc(OC)c(OC)cc1CNC(=O)NC1CCC(C(=O)O)CC1. The van der Waals surface area contributed by atoms with E-state index in [1.165, 1.54) is 0 Å². The van der Waals surface area contributed by atoms with Crippen LogP contribution in [0.25, 0.3) is 0 Å². The van der Waals surface area contributed by atoms with E-state index in [1.54, 1.807) is 33.5 Å². The predicted molar refractivity (Wildman–Crippen MR) is 94.9 cm³/mol. The molecule has 0 aliphatic heterocycles. The molecule has 0 aromatic heterocycles. The van der Waals surface area contributed by atoms with E-state index in [2.05, 4.69) is 10.6 Å². The van der Waals surface area contributed by atoms with Gasteiger partial charge >= 0.3 is 12.0 Å². The van der Waals surface area contributed by atoms with Crippen molar-refractivity contribution in [2.75, 3.05) is 21.3 Å². The van der Waals surface area contributed by atoms with Gasteiger partial charge in [0.05, 0.1) is 27.2 Å². The highest BCUT2D eigenvalue weighted by Crippen LogP contribution is 2.34. The van der Waals surface area contributed by atoms with Crippen LogP contribution in [0.1, 0.15) is 31.2 Å². The highest BCUT2D eigenvalue weighted by atomic mass is 16.5. The summed E-state index contributed by atoms with van der Waals surface area (Å²) >= 11 is 0. The number of amides is 2. The van der Waals surface area contributed by atoms with E-state index in [1.807, 2.05) is 0 Å². The number of carboxylic acid groups (broad SMARTS) is 1. The molecule has 26 heavy (non-hydrogen) atoms. The van der Waals surface area contributed by atoms with Crippen LogP contribution in [-0.2, 0) is 11.3 Å². The van der Waals surface area contributed by atoms with Gasteiger partial charge in [0.1, 0.15) is 5.75 Å². The van der Waals surface area contributed by atoms with Gasteiger partial charge in [0, 0.05) is 24.2 Å². The van der Waals surface area contributed by atoms with Crippen molar-refractivity contribution in [2.45, 2.75) is 38.3 Å². The summed E-state index contributed by atoms with van der Waals surface area (Å²) in [6.07, 6.45) is 2.52. The van der Waals surface area contributed by atoms with Crippen LogP contribution < -0.4 is 24.8 Å². The monoisotopic (exact) mass is 366 g/mol. The summed E-state index contributed by atoms with van der Waals surface area (Å²) in [4.78, 5) is 23.1. The van der Waals surface area contributed by atoms with Crippen LogP contribution in [0.2, 0.25) is 0 Å². The van der Waals surface area contributed by atoms with Gasteiger partial charge in [0.2, 0.25) is 0 Å². The standard InChI is InChI=1S/C18H26N2O6/c1-24-14-9-16(26-3)15(25-2)8-12(14)10-19-18(23)20-13-6-4-11(5-7-13)17(21)22/h8-9,11,13H,4-7,10H2,1-3H3,(H,21,22)(H2,19,20,23). The van der Waals surface area contributed by atoms with E-state index in [9.17, 15) is 9.59 Å². The number of urea groups is 1. The van der Waals surface area contributed by atoms with Gasteiger partial charge in [-0.15, -0.1) is 0 Å². The van der Waals surface area contributed by atoms with Crippen molar-refractivity contribution < 1.29 is 28.9 Å². The Morgan fingerprint density at radius 2 is 1.58 bits per heavy atom. The van der Waals surface area contributed by atoms with Crippen LogP contribution in [0.5, 0.6) is 17.2 Å². The lowest BCUT2D eigenvalue weighted by atomic mass is 9.86. The van der Waals surface area contributed by atoms with Crippen molar-refractivity contribution in [3.05, 3.63) is 17.7 Å². The first kappa shape index (κ1) is 19.7. The smallest absolute Gasteiger partial charge is 0.315 e. The third-order valence-corrected chi connectivity index (χ3v) is 4.64.